The van der Waals surface area contributed by atoms with Crippen LogP contribution in [-0.4, -0.2) is 34.4 Å². The van der Waals surface area contributed by atoms with Crippen LogP contribution in [0.15, 0.2) is 54.7 Å². The van der Waals surface area contributed by atoms with Crippen molar-refractivity contribution in [3.8, 4) is 0 Å². The van der Waals surface area contributed by atoms with Crippen molar-refractivity contribution in [2.45, 2.75) is 51.2 Å². The summed E-state index contributed by atoms with van der Waals surface area (Å²) in [7, 11) is 0. The van der Waals surface area contributed by atoms with E-state index in [2.05, 4.69) is 52.5 Å². The zero-order chi connectivity index (χ0) is 18.6. The quantitative estimate of drug-likeness (QED) is 0.847. The molecule has 2 fully saturated rings. The second kappa shape index (κ2) is 8.22. The molecule has 2 saturated carbocycles. The van der Waals surface area contributed by atoms with Gasteiger partial charge in [-0.05, 0) is 62.1 Å². The van der Waals surface area contributed by atoms with Crippen LogP contribution in [0.25, 0.3) is 0 Å². The van der Waals surface area contributed by atoms with Crippen molar-refractivity contribution in [3.05, 3.63) is 66.0 Å². The molecule has 0 spiro atoms. The predicted octanol–water partition coefficient (Wildman–Crippen LogP) is 3.89. The van der Waals surface area contributed by atoms with Crippen LogP contribution in [-0.2, 0) is 6.54 Å². The maximum Gasteiger partial charge on any atom is 0.272 e. The van der Waals surface area contributed by atoms with Gasteiger partial charge in [-0.3, -0.25) is 9.78 Å². The summed E-state index contributed by atoms with van der Waals surface area (Å²) in [5.74, 6) is 1.42. The number of benzene rings is 1. The maximum absolute atomic E-state index is 13.0. The number of rotatable bonds is 6. The highest BCUT2D eigenvalue weighted by Crippen LogP contribution is 2.50. The number of amides is 1. The van der Waals surface area contributed by atoms with Gasteiger partial charge in [-0.15, -0.1) is 0 Å². The Morgan fingerprint density at radius 1 is 1.11 bits per heavy atom. The standard InChI is InChI=1S/C23H29N3O/c1-2-26(23(27)21-11-6-7-14-24-21)22-13-8-12-20(18-15-19(18)22)25-16-17-9-4-3-5-10-17/h3-7,9-11,14,18-20,22,25H,2,8,12-13,15-16H2,1H3/t18?,19-,20-,22+/m1/s1. The lowest BCUT2D eigenvalue weighted by molar-refractivity contribution is 0.0647. The molecule has 1 unspecified atom stereocenters. The van der Waals surface area contributed by atoms with E-state index in [4.69, 9.17) is 0 Å². The Kier molecular flexibility index (Phi) is 5.53. The monoisotopic (exact) mass is 363 g/mol. The molecule has 4 heteroatoms. The second-order valence-electron chi connectivity index (χ2n) is 7.84. The zero-order valence-electron chi connectivity index (χ0n) is 16.1. The molecule has 0 saturated heterocycles. The van der Waals surface area contributed by atoms with Gasteiger partial charge in [0.1, 0.15) is 5.69 Å². The molecule has 0 bridgehead atoms. The van der Waals surface area contributed by atoms with Gasteiger partial charge in [-0.25, -0.2) is 0 Å². The van der Waals surface area contributed by atoms with Crippen LogP contribution in [0.3, 0.4) is 0 Å². The minimum Gasteiger partial charge on any atom is -0.334 e. The summed E-state index contributed by atoms with van der Waals surface area (Å²) >= 11 is 0. The third-order valence-electron chi connectivity index (χ3n) is 6.21. The van der Waals surface area contributed by atoms with E-state index in [1.54, 1.807) is 6.20 Å². The Bertz CT molecular complexity index is 749. The molecule has 142 valence electrons. The number of fused-ring (bicyclic) bond motifs is 1. The van der Waals surface area contributed by atoms with E-state index in [9.17, 15) is 4.79 Å². The molecule has 1 N–H and O–H groups in total. The summed E-state index contributed by atoms with van der Waals surface area (Å²) in [5.41, 5.74) is 1.91. The minimum absolute atomic E-state index is 0.0874. The van der Waals surface area contributed by atoms with Crippen molar-refractivity contribution >= 4 is 5.91 Å². The molecular weight excluding hydrogens is 334 g/mol. The van der Waals surface area contributed by atoms with Gasteiger partial charge in [0, 0.05) is 31.4 Å². The van der Waals surface area contributed by atoms with Crippen LogP contribution in [0.5, 0.6) is 0 Å². The van der Waals surface area contributed by atoms with Crippen molar-refractivity contribution in [3.63, 3.8) is 0 Å². The van der Waals surface area contributed by atoms with E-state index in [0.717, 1.165) is 19.5 Å². The molecule has 2 aromatic rings. The zero-order valence-corrected chi connectivity index (χ0v) is 16.1. The van der Waals surface area contributed by atoms with Gasteiger partial charge in [0.05, 0.1) is 0 Å². The van der Waals surface area contributed by atoms with Gasteiger partial charge in [0.15, 0.2) is 0 Å². The second-order valence-corrected chi connectivity index (χ2v) is 7.84. The summed E-state index contributed by atoms with van der Waals surface area (Å²) in [6.07, 6.45) is 6.44. The van der Waals surface area contributed by atoms with Crippen molar-refractivity contribution in [1.29, 1.82) is 0 Å². The highest BCUT2D eigenvalue weighted by atomic mass is 16.2. The first-order chi connectivity index (χ1) is 13.3. The summed E-state index contributed by atoms with van der Waals surface area (Å²) in [6, 6.07) is 17.1. The number of hydrogen-bond donors (Lipinski definition) is 1. The molecule has 1 aromatic carbocycles. The van der Waals surface area contributed by atoms with E-state index in [1.807, 2.05) is 18.2 Å². The molecule has 1 amide bonds. The van der Waals surface area contributed by atoms with Crippen molar-refractivity contribution in [2.24, 2.45) is 11.8 Å². The number of nitrogens with zero attached hydrogens (tertiary/aromatic N) is 2. The molecule has 0 aliphatic heterocycles. The maximum atomic E-state index is 13.0. The molecule has 4 nitrogen and oxygen atoms in total. The van der Waals surface area contributed by atoms with Crippen LogP contribution in [0.4, 0.5) is 0 Å². The van der Waals surface area contributed by atoms with Crippen LogP contribution < -0.4 is 5.32 Å². The lowest BCUT2D eigenvalue weighted by atomic mass is 10.0. The fraction of sp³-hybridized carbons (Fsp3) is 0.478. The van der Waals surface area contributed by atoms with Crippen molar-refractivity contribution in [1.82, 2.24) is 15.2 Å². The molecule has 4 rings (SSSR count). The Morgan fingerprint density at radius 3 is 2.67 bits per heavy atom. The first-order valence-corrected chi connectivity index (χ1v) is 10.3. The van der Waals surface area contributed by atoms with Gasteiger partial charge in [0.2, 0.25) is 0 Å². The van der Waals surface area contributed by atoms with E-state index in [0.29, 0.717) is 29.6 Å². The normalized spacial score (nSPS) is 26.7. The topological polar surface area (TPSA) is 45.2 Å². The van der Waals surface area contributed by atoms with Gasteiger partial charge < -0.3 is 10.2 Å². The lowest BCUT2D eigenvalue weighted by Gasteiger charge is -2.30. The van der Waals surface area contributed by atoms with Crippen LogP contribution >= 0.6 is 0 Å². The van der Waals surface area contributed by atoms with E-state index >= 15 is 0 Å². The summed E-state index contributed by atoms with van der Waals surface area (Å²) in [6.45, 7) is 3.78. The predicted molar refractivity (Wildman–Crippen MR) is 107 cm³/mol. The fourth-order valence-corrected chi connectivity index (χ4v) is 4.77. The Hall–Kier alpha value is -2.20. The van der Waals surface area contributed by atoms with Gasteiger partial charge >= 0.3 is 0 Å². The molecule has 4 atom stereocenters. The van der Waals surface area contributed by atoms with Crippen molar-refractivity contribution in [2.75, 3.05) is 6.54 Å². The molecular formula is C23H29N3O. The number of hydrogen-bond acceptors (Lipinski definition) is 3. The van der Waals surface area contributed by atoms with Crippen LogP contribution in [0.1, 0.15) is 48.7 Å². The fourth-order valence-electron chi connectivity index (χ4n) is 4.77. The molecule has 2 aliphatic rings. The molecule has 0 radical (unpaired) electrons. The van der Waals surface area contributed by atoms with E-state index < -0.39 is 0 Å². The summed E-state index contributed by atoms with van der Waals surface area (Å²) in [5, 5.41) is 3.79. The summed E-state index contributed by atoms with van der Waals surface area (Å²) in [4.78, 5) is 19.3. The van der Waals surface area contributed by atoms with Gasteiger partial charge in [-0.1, -0.05) is 36.4 Å². The van der Waals surface area contributed by atoms with Crippen LogP contribution in [0.2, 0.25) is 0 Å². The molecule has 1 aromatic heterocycles. The Morgan fingerprint density at radius 2 is 1.93 bits per heavy atom. The largest absolute Gasteiger partial charge is 0.334 e. The lowest BCUT2D eigenvalue weighted by Crippen LogP contribution is -2.42. The van der Waals surface area contributed by atoms with Gasteiger partial charge in [0.25, 0.3) is 5.91 Å². The Balaban J connectivity index is 1.40. The number of carbonyl (C=O) groups is 1. The first-order valence-electron chi connectivity index (χ1n) is 10.3. The molecule has 1 heterocycles. The van der Waals surface area contributed by atoms with Crippen molar-refractivity contribution < 1.29 is 4.79 Å². The SMILES string of the molecule is CCN(C(=O)c1ccccn1)[C@H]1CCC[C@@H](NCc2ccccc2)C2C[C@H]21. The average Bonchev–Trinajstić information content (AvgIpc) is 3.52. The smallest absolute Gasteiger partial charge is 0.272 e. The van der Waals surface area contributed by atoms with E-state index in [-0.39, 0.29) is 5.91 Å². The number of carbonyl (C=O) groups excluding carboxylic acids is 1. The first kappa shape index (κ1) is 18.2. The summed E-state index contributed by atoms with van der Waals surface area (Å²) < 4.78 is 0. The third kappa shape index (κ3) is 4.06. The highest BCUT2D eigenvalue weighted by Gasteiger charge is 2.50. The minimum atomic E-state index is 0.0874. The van der Waals surface area contributed by atoms with Crippen LogP contribution in [0, 0.1) is 11.8 Å². The number of pyridine rings is 1. The third-order valence-corrected chi connectivity index (χ3v) is 6.21. The average molecular weight is 364 g/mol. The number of aromatic nitrogens is 1. The Labute approximate surface area is 162 Å². The van der Waals surface area contributed by atoms with E-state index in [1.165, 1.54) is 24.8 Å². The molecule has 27 heavy (non-hydrogen) atoms. The van der Waals surface area contributed by atoms with Gasteiger partial charge in [-0.2, -0.15) is 0 Å². The molecule has 2 aliphatic carbocycles. The highest BCUT2D eigenvalue weighted by molar-refractivity contribution is 5.92. The number of nitrogens with one attached hydrogen (secondary N) is 1.